The molecule has 1 aromatic rings. The van der Waals surface area contributed by atoms with E-state index in [9.17, 15) is 0 Å². The zero-order valence-corrected chi connectivity index (χ0v) is 11.8. The highest BCUT2D eigenvalue weighted by molar-refractivity contribution is 5.11. The highest BCUT2D eigenvalue weighted by atomic mass is 15.0. The molecule has 4 rings (SSSR count). The van der Waals surface area contributed by atoms with E-state index in [0.29, 0.717) is 6.04 Å². The normalized spacial score (nSPS) is 41.4. The molecule has 0 aliphatic heterocycles. The van der Waals surface area contributed by atoms with Crippen molar-refractivity contribution in [3.63, 3.8) is 0 Å². The van der Waals surface area contributed by atoms with Gasteiger partial charge in [0.1, 0.15) is 0 Å². The molecule has 0 radical (unpaired) electrons. The van der Waals surface area contributed by atoms with Crippen molar-refractivity contribution in [1.29, 1.82) is 0 Å². The molecular formula is C17H24N2. The molecule has 2 heteroatoms. The van der Waals surface area contributed by atoms with Gasteiger partial charge in [0.2, 0.25) is 0 Å². The monoisotopic (exact) mass is 256 g/mol. The third kappa shape index (κ3) is 1.92. The second-order valence-electron chi connectivity index (χ2n) is 6.90. The number of aromatic nitrogens is 1. The first-order valence-corrected chi connectivity index (χ1v) is 8.00. The Labute approximate surface area is 116 Å². The number of pyridine rings is 1. The van der Waals surface area contributed by atoms with Gasteiger partial charge in [0.25, 0.3) is 0 Å². The molecule has 0 saturated heterocycles. The van der Waals surface area contributed by atoms with Crippen molar-refractivity contribution >= 4 is 0 Å². The van der Waals surface area contributed by atoms with Crippen LogP contribution < -0.4 is 5.32 Å². The minimum Gasteiger partial charge on any atom is -0.306 e. The van der Waals surface area contributed by atoms with Gasteiger partial charge in [-0.1, -0.05) is 12.5 Å². The summed E-state index contributed by atoms with van der Waals surface area (Å²) in [5, 5.41) is 3.88. The minimum absolute atomic E-state index is 0.394. The summed E-state index contributed by atoms with van der Waals surface area (Å²) in [6, 6.07) is 7.38. The number of fused-ring (bicyclic) bond motifs is 5. The van der Waals surface area contributed by atoms with Gasteiger partial charge in [0.05, 0.1) is 5.69 Å². The van der Waals surface area contributed by atoms with Gasteiger partial charge in [0, 0.05) is 18.3 Å². The molecule has 102 valence electrons. The fourth-order valence-corrected chi connectivity index (χ4v) is 5.30. The van der Waals surface area contributed by atoms with Gasteiger partial charge in [-0.25, -0.2) is 0 Å². The van der Waals surface area contributed by atoms with E-state index >= 15 is 0 Å². The van der Waals surface area contributed by atoms with E-state index in [4.69, 9.17) is 0 Å². The van der Waals surface area contributed by atoms with E-state index < -0.39 is 0 Å². The Bertz CT molecular complexity index is 444. The second-order valence-corrected chi connectivity index (χ2v) is 6.90. The molecule has 3 fully saturated rings. The van der Waals surface area contributed by atoms with Crippen LogP contribution in [0.4, 0.5) is 0 Å². The highest BCUT2D eigenvalue weighted by Gasteiger charge is 2.53. The number of hydrogen-bond donors (Lipinski definition) is 1. The SMILES string of the molecule is C[C@H](NC1CC2CC1C1CCCC21)c1ccccn1. The van der Waals surface area contributed by atoms with E-state index in [1.165, 1.54) is 37.8 Å². The summed E-state index contributed by atoms with van der Waals surface area (Å²) in [5.41, 5.74) is 1.19. The number of nitrogens with one attached hydrogen (secondary N) is 1. The summed E-state index contributed by atoms with van der Waals surface area (Å²) in [6.07, 6.45) is 9.34. The lowest BCUT2D eigenvalue weighted by atomic mass is 9.79. The Hall–Kier alpha value is -0.890. The summed E-state index contributed by atoms with van der Waals surface area (Å²) < 4.78 is 0. The molecule has 3 aliphatic carbocycles. The van der Waals surface area contributed by atoms with E-state index in [1.807, 2.05) is 12.3 Å². The zero-order valence-electron chi connectivity index (χ0n) is 11.8. The molecule has 3 aliphatic rings. The van der Waals surface area contributed by atoms with Crippen LogP contribution >= 0.6 is 0 Å². The molecule has 19 heavy (non-hydrogen) atoms. The van der Waals surface area contributed by atoms with E-state index in [2.05, 4.69) is 29.4 Å². The molecule has 0 aromatic carbocycles. The van der Waals surface area contributed by atoms with Crippen LogP contribution in [0.15, 0.2) is 24.4 Å². The largest absolute Gasteiger partial charge is 0.306 e. The van der Waals surface area contributed by atoms with Crippen LogP contribution in [0.25, 0.3) is 0 Å². The van der Waals surface area contributed by atoms with Gasteiger partial charge in [-0.2, -0.15) is 0 Å². The topological polar surface area (TPSA) is 24.9 Å². The molecule has 1 N–H and O–H groups in total. The predicted octanol–water partition coefficient (Wildman–Crippen LogP) is 3.56. The van der Waals surface area contributed by atoms with Crippen molar-refractivity contribution in [3.8, 4) is 0 Å². The van der Waals surface area contributed by atoms with Crippen LogP contribution in [0.2, 0.25) is 0 Å². The molecule has 1 aromatic heterocycles. The van der Waals surface area contributed by atoms with Crippen LogP contribution in [0, 0.1) is 23.7 Å². The summed E-state index contributed by atoms with van der Waals surface area (Å²) >= 11 is 0. The van der Waals surface area contributed by atoms with Crippen molar-refractivity contribution in [2.75, 3.05) is 0 Å². The van der Waals surface area contributed by atoms with Crippen molar-refractivity contribution in [1.82, 2.24) is 10.3 Å². The molecule has 2 nitrogen and oxygen atoms in total. The first-order chi connectivity index (χ1) is 9.33. The van der Waals surface area contributed by atoms with Crippen LogP contribution in [-0.4, -0.2) is 11.0 Å². The van der Waals surface area contributed by atoms with Gasteiger partial charge < -0.3 is 5.32 Å². The van der Waals surface area contributed by atoms with E-state index in [-0.39, 0.29) is 0 Å². The lowest BCUT2D eigenvalue weighted by molar-refractivity contribution is 0.199. The number of rotatable bonds is 3. The maximum atomic E-state index is 4.49. The van der Waals surface area contributed by atoms with E-state index in [1.54, 1.807) is 0 Å². The Morgan fingerprint density at radius 2 is 2.05 bits per heavy atom. The Morgan fingerprint density at radius 3 is 2.89 bits per heavy atom. The second kappa shape index (κ2) is 4.59. The number of nitrogens with zero attached hydrogens (tertiary/aromatic N) is 1. The third-order valence-electron chi connectivity index (χ3n) is 6.02. The predicted molar refractivity (Wildman–Crippen MR) is 76.6 cm³/mol. The summed E-state index contributed by atoms with van der Waals surface area (Å²) in [6.45, 7) is 2.26. The fraction of sp³-hybridized carbons (Fsp3) is 0.706. The van der Waals surface area contributed by atoms with Gasteiger partial charge in [-0.05, 0) is 68.4 Å². The molecular weight excluding hydrogens is 232 g/mol. The summed E-state index contributed by atoms with van der Waals surface area (Å²) in [7, 11) is 0. The van der Waals surface area contributed by atoms with Crippen LogP contribution in [0.3, 0.4) is 0 Å². The van der Waals surface area contributed by atoms with Crippen molar-refractivity contribution in [3.05, 3.63) is 30.1 Å². The lowest BCUT2D eigenvalue weighted by Crippen LogP contribution is -2.40. The average Bonchev–Trinajstić information content (AvgIpc) is 3.11. The van der Waals surface area contributed by atoms with Crippen molar-refractivity contribution < 1.29 is 0 Å². The van der Waals surface area contributed by atoms with Crippen LogP contribution in [0.1, 0.15) is 50.8 Å². The Balaban J connectivity index is 1.45. The Morgan fingerprint density at radius 1 is 1.16 bits per heavy atom. The smallest absolute Gasteiger partial charge is 0.0570 e. The molecule has 3 saturated carbocycles. The summed E-state index contributed by atoms with van der Waals surface area (Å²) in [4.78, 5) is 4.49. The highest BCUT2D eigenvalue weighted by Crippen LogP contribution is 2.58. The summed E-state index contributed by atoms with van der Waals surface area (Å²) in [5.74, 6) is 4.13. The van der Waals surface area contributed by atoms with Gasteiger partial charge >= 0.3 is 0 Å². The van der Waals surface area contributed by atoms with Gasteiger partial charge in [-0.3, -0.25) is 4.98 Å². The molecule has 0 spiro atoms. The zero-order chi connectivity index (χ0) is 12.8. The minimum atomic E-state index is 0.394. The van der Waals surface area contributed by atoms with E-state index in [0.717, 1.165) is 29.7 Å². The average molecular weight is 256 g/mol. The molecule has 0 amide bonds. The molecule has 6 atom stereocenters. The van der Waals surface area contributed by atoms with Crippen LogP contribution in [-0.2, 0) is 0 Å². The maximum Gasteiger partial charge on any atom is 0.0570 e. The van der Waals surface area contributed by atoms with Crippen molar-refractivity contribution in [2.24, 2.45) is 23.7 Å². The number of hydrogen-bond acceptors (Lipinski definition) is 2. The first kappa shape index (κ1) is 11.9. The third-order valence-corrected chi connectivity index (χ3v) is 6.02. The van der Waals surface area contributed by atoms with Crippen molar-refractivity contribution in [2.45, 2.75) is 51.1 Å². The van der Waals surface area contributed by atoms with Gasteiger partial charge in [-0.15, -0.1) is 0 Å². The maximum absolute atomic E-state index is 4.49. The van der Waals surface area contributed by atoms with Crippen LogP contribution in [0.5, 0.6) is 0 Å². The quantitative estimate of drug-likeness (QED) is 0.894. The molecule has 5 unspecified atom stereocenters. The first-order valence-electron chi connectivity index (χ1n) is 8.00. The van der Waals surface area contributed by atoms with Gasteiger partial charge in [0.15, 0.2) is 0 Å². The molecule has 2 bridgehead atoms. The Kier molecular flexibility index (Phi) is 2.87. The molecule has 1 heterocycles. The lowest BCUT2D eigenvalue weighted by Gasteiger charge is -2.33. The standard InChI is InChI=1S/C17H24N2/c1-11(16-7-2-3-8-18-16)19-17-10-12-9-15(17)14-6-4-5-13(12)14/h2-3,7-8,11-15,17,19H,4-6,9-10H2,1H3/t11-,12?,13?,14?,15?,17?/m0/s1. The fourth-order valence-electron chi connectivity index (χ4n) is 5.30.